The monoisotopic (exact) mass is 789 g/mol. The van der Waals surface area contributed by atoms with E-state index >= 15 is 0 Å². The Bertz CT molecular complexity index is 3520. The number of benzene rings is 9. The summed E-state index contributed by atoms with van der Waals surface area (Å²) in [7, 11) is 0. The minimum Gasteiger partial charge on any atom is -0.456 e. The van der Waals surface area contributed by atoms with Crippen LogP contribution in [0.5, 0.6) is 0 Å². The molecule has 0 saturated carbocycles. The van der Waals surface area contributed by atoms with Crippen molar-refractivity contribution >= 4 is 21.9 Å². The van der Waals surface area contributed by atoms with E-state index in [1.807, 2.05) is 24.3 Å². The van der Waals surface area contributed by atoms with E-state index in [4.69, 9.17) is 19.4 Å². The maximum Gasteiger partial charge on any atom is 0.164 e. The lowest BCUT2D eigenvalue weighted by molar-refractivity contribution is 0.669. The molecule has 0 radical (unpaired) electrons. The molecule has 288 valence electrons. The Balaban J connectivity index is 1.03. The zero-order chi connectivity index (χ0) is 40.8. The first-order valence-corrected chi connectivity index (χ1v) is 21.1. The van der Waals surface area contributed by atoms with Gasteiger partial charge in [-0.05, 0) is 91.0 Å². The SMILES string of the molecule is c1ccc(-c2ccc(-c3nc(-c4ccc5c(c4)-c4ccccc4C54c5ccccc5-c5ccccc5-c5ccccc54)nc(-c4ccc5c(c4)oc4ccccc45)n3)cc2)cc1. The van der Waals surface area contributed by atoms with Gasteiger partial charge in [-0.2, -0.15) is 0 Å². The van der Waals surface area contributed by atoms with Gasteiger partial charge in [0, 0.05) is 27.5 Å². The van der Waals surface area contributed by atoms with Crippen molar-refractivity contribution in [1.29, 1.82) is 0 Å². The fraction of sp³-hybridized carbons (Fsp3) is 0.0172. The second-order valence-corrected chi connectivity index (χ2v) is 16.3. The quantitative estimate of drug-likeness (QED) is 0.178. The fourth-order valence-electron chi connectivity index (χ4n) is 10.3. The standard InChI is InChI=1S/C58H35N3O/c1-2-14-36(15-3-1)37-26-28-38(29-27-37)55-59-56(61-57(60-55)40-30-32-47-46-21-9-13-25-53(46)62-54(47)35-40)39-31-33-52-48(34-39)45-20-8-12-24-51(45)58(52)49-22-10-6-18-43(49)41-16-4-5-17-42(41)44-19-7-11-23-50(44)58/h1-35H. The van der Waals surface area contributed by atoms with Crippen molar-refractivity contribution in [2.24, 2.45) is 0 Å². The Morgan fingerprint density at radius 1 is 0.274 bits per heavy atom. The van der Waals surface area contributed by atoms with Gasteiger partial charge in [0.15, 0.2) is 17.5 Å². The topological polar surface area (TPSA) is 51.8 Å². The molecule has 0 N–H and O–H groups in total. The first-order chi connectivity index (χ1) is 30.7. The van der Waals surface area contributed by atoms with Crippen LogP contribution in [0.15, 0.2) is 217 Å². The number of para-hydroxylation sites is 1. The van der Waals surface area contributed by atoms with Crippen molar-refractivity contribution in [3.05, 3.63) is 235 Å². The molecule has 11 aromatic rings. The molecule has 0 atom stereocenters. The first-order valence-electron chi connectivity index (χ1n) is 21.1. The average molecular weight is 790 g/mol. The number of rotatable bonds is 4. The maximum absolute atomic E-state index is 6.35. The minimum atomic E-state index is -0.561. The number of hydrogen-bond donors (Lipinski definition) is 0. The van der Waals surface area contributed by atoms with Crippen molar-refractivity contribution in [1.82, 2.24) is 15.0 Å². The van der Waals surface area contributed by atoms with Crippen molar-refractivity contribution in [2.75, 3.05) is 0 Å². The minimum absolute atomic E-state index is 0.561. The molecule has 2 aromatic heterocycles. The summed E-state index contributed by atoms with van der Waals surface area (Å²) in [6, 6.07) is 75.9. The van der Waals surface area contributed by atoms with Gasteiger partial charge in [-0.3, -0.25) is 0 Å². The second-order valence-electron chi connectivity index (χ2n) is 16.3. The molecule has 1 spiro atoms. The lowest BCUT2D eigenvalue weighted by Gasteiger charge is -2.35. The zero-order valence-corrected chi connectivity index (χ0v) is 33.5. The van der Waals surface area contributed by atoms with Gasteiger partial charge < -0.3 is 4.42 Å². The number of fused-ring (bicyclic) bond motifs is 15. The van der Waals surface area contributed by atoms with E-state index in [0.29, 0.717) is 17.5 Å². The van der Waals surface area contributed by atoms with Crippen molar-refractivity contribution < 1.29 is 4.42 Å². The lowest BCUT2D eigenvalue weighted by atomic mass is 9.66. The van der Waals surface area contributed by atoms with E-state index in [1.165, 1.54) is 55.6 Å². The third kappa shape index (κ3) is 5.04. The van der Waals surface area contributed by atoms with Gasteiger partial charge in [-0.15, -0.1) is 0 Å². The number of hydrogen-bond acceptors (Lipinski definition) is 4. The van der Waals surface area contributed by atoms with Gasteiger partial charge >= 0.3 is 0 Å². The Morgan fingerprint density at radius 3 is 1.34 bits per heavy atom. The van der Waals surface area contributed by atoms with Crippen LogP contribution < -0.4 is 0 Å². The smallest absolute Gasteiger partial charge is 0.164 e. The summed E-state index contributed by atoms with van der Waals surface area (Å²) in [5.74, 6) is 1.80. The molecule has 13 rings (SSSR count). The molecule has 0 saturated heterocycles. The van der Waals surface area contributed by atoms with Crippen LogP contribution in [0.25, 0.3) is 101 Å². The summed E-state index contributed by atoms with van der Waals surface area (Å²) in [5, 5.41) is 2.15. The van der Waals surface area contributed by atoms with Crippen LogP contribution >= 0.6 is 0 Å². The Morgan fingerprint density at radius 2 is 0.694 bits per heavy atom. The highest BCUT2D eigenvalue weighted by Crippen LogP contribution is 2.61. The molecule has 0 unspecified atom stereocenters. The van der Waals surface area contributed by atoms with Gasteiger partial charge in [-0.1, -0.05) is 188 Å². The third-order valence-electron chi connectivity index (χ3n) is 13.0. The molecule has 0 fully saturated rings. The fourth-order valence-corrected chi connectivity index (χ4v) is 10.3. The molecule has 0 bridgehead atoms. The zero-order valence-electron chi connectivity index (χ0n) is 33.5. The van der Waals surface area contributed by atoms with E-state index < -0.39 is 5.41 Å². The average Bonchev–Trinajstić information content (AvgIpc) is 3.84. The maximum atomic E-state index is 6.35. The molecule has 2 aliphatic rings. The Kier molecular flexibility index (Phi) is 7.49. The van der Waals surface area contributed by atoms with Crippen LogP contribution in [0, 0.1) is 0 Å². The van der Waals surface area contributed by atoms with Crippen molar-refractivity contribution in [3.8, 4) is 78.7 Å². The largest absolute Gasteiger partial charge is 0.456 e. The summed E-state index contributed by atoms with van der Waals surface area (Å²) in [6.07, 6.45) is 0. The van der Waals surface area contributed by atoms with Crippen LogP contribution in [-0.4, -0.2) is 15.0 Å². The van der Waals surface area contributed by atoms with Gasteiger partial charge in [0.25, 0.3) is 0 Å². The molecule has 2 aliphatic carbocycles. The van der Waals surface area contributed by atoms with E-state index in [1.54, 1.807) is 0 Å². The highest BCUT2D eigenvalue weighted by atomic mass is 16.3. The molecule has 0 amide bonds. The summed E-state index contributed by atoms with van der Waals surface area (Å²) in [5.41, 5.74) is 18.5. The highest BCUT2D eigenvalue weighted by molar-refractivity contribution is 6.06. The molecular weight excluding hydrogens is 755 g/mol. The summed E-state index contributed by atoms with van der Waals surface area (Å²) < 4.78 is 6.35. The third-order valence-corrected chi connectivity index (χ3v) is 13.0. The Labute approximate surface area is 358 Å². The van der Waals surface area contributed by atoms with E-state index in [9.17, 15) is 0 Å². The van der Waals surface area contributed by atoms with Gasteiger partial charge in [0.05, 0.1) is 5.41 Å². The highest BCUT2D eigenvalue weighted by Gasteiger charge is 2.49. The summed E-state index contributed by atoms with van der Waals surface area (Å²) >= 11 is 0. The van der Waals surface area contributed by atoms with Crippen molar-refractivity contribution in [2.45, 2.75) is 5.41 Å². The van der Waals surface area contributed by atoms with Crippen LogP contribution in [0.4, 0.5) is 0 Å². The molecule has 9 aromatic carbocycles. The summed E-state index contributed by atoms with van der Waals surface area (Å²) in [6.45, 7) is 0. The predicted octanol–water partition coefficient (Wildman–Crippen LogP) is 14.4. The predicted molar refractivity (Wildman–Crippen MR) is 251 cm³/mol. The van der Waals surface area contributed by atoms with Gasteiger partial charge in [0.1, 0.15) is 11.2 Å². The number of aromatic nitrogens is 3. The molecule has 4 nitrogen and oxygen atoms in total. The van der Waals surface area contributed by atoms with Gasteiger partial charge in [0.2, 0.25) is 0 Å². The van der Waals surface area contributed by atoms with Crippen LogP contribution in [-0.2, 0) is 5.41 Å². The normalized spacial score (nSPS) is 13.0. The van der Waals surface area contributed by atoms with Crippen LogP contribution in [0.2, 0.25) is 0 Å². The van der Waals surface area contributed by atoms with E-state index in [-0.39, 0.29) is 0 Å². The van der Waals surface area contributed by atoms with Crippen molar-refractivity contribution in [3.63, 3.8) is 0 Å². The number of nitrogens with zero attached hydrogens (tertiary/aromatic N) is 3. The van der Waals surface area contributed by atoms with Gasteiger partial charge in [-0.25, -0.2) is 15.0 Å². The Hall–Kier alpha value is -8.21. The molecule has 4 heteroatoms. The molecular formula is C58H35N3O. The summed E-state index contributed by atoms with van der Waals surface area (Å²) in [4.78, 5) is 15.7. The molecule has 2 heterocycles. The second kappa shape index (κ2) is 13.4. The first kappa shape index (κ1) is 34.6. The number of furan rings is 1. The molecule has 0 aliphatic heterocycles. The molecule has 62 heavy (non-hydrogen) atoms. The lowest BCUT2D eigenvalue weighted by Crippen LogP contribution is -2.29. The van der Waals surface area contributed by atoms with Crippen LogP contribution in [0.1, 0.15) is 22.3 Å². The van der Waals surface area contributed by atoms with E-state index in [0.717, 1.165) is 49.8 Å². The van der Waals surface area contributed by atoms with Crippen LogP contribution in [0.3, 0.4) is 0 Å². The van der Waals surface area contributed by atoms with E-state index in [2.05, 4.69) is 188 Å².